The van der Waals surface area contributed by atoms with E-state index in [9.17, 15) is 12.8 Å². The van der Waals surface area contributed by atoms with Gasteiger partial charge in [-0.3, -0.25) is 0 Å². The van der Waals surface area contributed by atoms with Crippen LogP contribution in [-0.2, 0) is 10.0 Å². The molecule has 0 radical (unpaired) electrons. The fourth-order valence-corrected chi connectivity index (χ4v) is 4.25. The highest BCUT2D eigenvalue weighted by Gasteiger charge is 2.39. The summed E-state index contributed by atoms with van der Waals surface area (Å²) in [5, 5.41) is 0. The first kappa shape index (κ1) is 15.4. The van der Waals surface area contributed by atoms with Crippen molar-refractivity contribution in [3.63, 3.8) is 0 Å². The first-order valence-corrected chi connectivity index (χ1v) is 8.10. The first-order valence-electron chi connectivity index (χ1n) is 6.66. The average molecular weight is 300 g/mol. The van der Waals surface area contributed by atoms with Crippen molar-refractivity contribution in [3.8, 4) is 0 Å². The fraction of sp³-hybridized carbons (Fsp3) is 0.571. The minimum atomic E-state index is -3.81. The Balaban J connectivity index is 2.38. The lowest BCUT2D eigenvalue weighted by atomic mass is 9.81. The van der Waals surface area contributed by atoms with Crippen LogP contribution in [0.15, 0.2) is 23.1 Å². The Labute approximate surface area is 119 Å². The van der Waals surface area contributed by atoms with Crippen LogP contribution in [-0.4, -0.2) is 31.9 Å². The van der Waals surface area contributed by atoms with Gasteiger partial charge in [0.2, 0.25) is 10.0 Å². The lowest BCUT2D eigenvalue weighted by Gasteiger charge is -2.41. The Kier molecular flexibility index (Phi) is 3.92. The molecule has 20 heavy (non-hydrogen) atoms. The monoisotopic (exact) mass is 300 g/mol. The number of aryl methyl sites for hydroxylation is 1. The summed E-state index contributed by atoms with van der Waals surface area (Å²) in [5.41, 5.74) is 6.42. The summed E-state index contributed by atoms with van der Waals surface area (Å²) in [4.78, 5) is -0.247. The zero-order valence-electron chi connectivity index (χ0n) is 12.1. The maximum Gasteiger partial charge on any atom is 0.246 e. The van der Waals surface area contributed by atoms with Crippen molar-refractivity contribution >= 4 is 10.0 Å². The van der Waals surface area contributed by atoms with Crippen LogP contribution in [0.1, 0.15) is 25.8 Å². The van der Waals surface area contributed by atoms with Gasteiger partial charge in [0.1, 0.15) is 10.7 Å². The highest BCUT2D eigenvalue weighted by atomic mass is 32.2. The number of sulfonamides is 1. The van der Waals surface area contributed by atoms with Crippen LogP contribution in [0, 0.1) is 18.2 Å². The maximum atomic E-state index is 13.9. The third kappa shape index (κ3) is 2.73. The molecule has 4 nitrogen and oxygen atoms in total. The molecule has 0 amide bonds. The lowest BCUT2D eigenvalue weighted by molar-refractivity contribution is 0.155. The van der Waals surface area contributed by atoms with Crippen molar-refractivity contribution in [2.75, 3.05) is 13.1 Å². The van der Waals surface area contributed by atoms with Crippen molar-refractivity contribution in [2.45, 2.75) is 38.1 Å². The summed E-state index contributed by atoms with van der Waals surface area (Å²) in [6.45, 7) is 6.26. The van der Waals surface area contributed by atoms with Crippen LogP contribution in [0.3, 0.4) is 0 Å². The number of hydrogen-bond acceptors (Lipinski definition) is 3. The third-order valence-electron chi connectivity index (χ3n) is 3.98. The molecule has 0 saturated carbocycles. The van der Waals surface area contributed by atoms with Gasteiger partial charge in [0.15, 0.2) is 0 Å². The number of hydrogen-bond donors (Lipinski definition) is 1. The molecule has 1 saturated heterocycles. The molecule has 112 valence electrons. The first-order chi connectivity index (χ1) is 9.14. The van der Waals surface area contributed by atoms with E-state index in [1.165, 1.54) is 16.4 Å². The highest BCUT2D eigenvalue weighted by Crippen LogP contribution is 2.32. The molecule has 1 atom stereocenters. The van der Waals surface area contributed by atoms with Crippen LogP contribution in [0.2, 0.25) is 0 Å². The molecule has 0 aliphatic carbocycles. The normalized spacial score (nSPS) is 23.8. The molecule has 1 aromatic rings. The standard InChI is InChI=1S/C14H21FN2O2S/c1-10-4-5-11(15)12(8-10)20(18,19)17-7-6-13(16)14(2,3)9-17/h4-5,8,13H,6-7,9,16H2,1-3H3. The maximum absolute atomic E-state index is 13.9. The average Bonchev–Trinajstić information content (AvgIpc) is 2.35. The molecule has 1 aromatic carbocycles. The fourth-order valence-electron chi connectivity index (χ4n) is 2.48. The van der Waals surface area contributed by atoms with E-state index in [4.69, 9.17) is 5.73 Å². The van der Waals surface area contributed by atoms with E-state index in [2.05, 4.69) is 0 Å². The summed E-state index contributed by atoms with van der Waals surface area (Å²) < 4.78 is 40.4. The SMILES string of the molecule is Cc1ccc(F)c(S(=O)(=O)N2CCC(N)C(C)(C)C2)c1. The molecular formula is C14H21FN2O2S. The highest BCUT2D eigenvalue weighted by molar-refractivity contribution is 7.89. The van der Waals surface area contributed by atoms with Crippen LogP contribution in [0.5, 0.6) is 0 Å². The van der Waals surface area contributed by atoms with Gasteiger partial charge in [-0.25, -0.2) is 12.8 Å². The number of piperidine rings is 1. The molecule has 2 N–H and O–H groups in total. The van der Waals surface area contributed by atoms with Crippen LogP contribution in [0.4, 0.5) is 4.39 Å². The molecule has 0 aromatic heterocycles. The van der Waals surface area contributed by atoms with Crippen LogP contribution in [0.25, 0.3) is 0 Å². The number of nitrogens with two attached hydrogens (primary N) is 1. The molecule has 1 fully saturated rings. The van der Waals surface area contributed by atoms with Gasteiger partial charge in [0, 0.05) is 19.1 Å². The van der Waals surface area contributed by atoms with Crippen LogP contribution >= 0.6 is 0 Å². The quantitative estimate of drug-likeness (QED) is 0.907. The van der Waals surface area contributed by atoms with E-state index in [1.807, 2.05) is 13.8 Å². The summed E-state index contributed by atoms with van der Waals surface area (Å²) in [5.74, 6) is -0.705. The van der Waals surface area contributed by atoms with Gasteiger partial charge in [-0.15, -0.1) is 0 Å². The minimum absolute atomic E-state index is 0.0451. The molecule has 1 aliphatic heterocycles. The number of benzene rings is 1. The Hall–Kier alpha value is -0.980. The summed E-state index contributed by atoms with van der Waals surface area (Å²) >= 11 is 0. The Morgan fingerprint density at radius 3 is 2.65 bits per heavy atom. The van der Waals surface area contributed by atoms with Crippen molar-refractivity contribution in [1.29, 1.82) is 0 Å². The van der Waals surface area contributed by atoms with Crippen molar-refractivity contribution < 1.29 is 12.8 Å². The van der Waals surface area contributed by atoms with Gasteiger partial charge >= 0.3 is 0 Å². The van der Waals surface area contributed by atoms with Gasteiger partial charge in [-0.05, 0) is 36.5 Å². The largest absolute Gasteiger partial charge is 0.327 e. The van der Waals surface area contributed by atoms with Crippen LogP contribution < -0.4 is 5.73 Å². The third-order valence-corrected chi connectivity index (χ3v) is 5.84. The van der Waals surface area contributed by atoms with Gasteiger partial charge in [0.05, 0.1) is 0 Å². The number of halogens is 1. The Morgan fingerprint density at radius 1 is 1.40 bits per heavy atom. The van der Waals surface area contributed by atoms with Gasteiger partial charge in [-0.1, -0.05) is 19.9 Å². The van der Waals surface area contributed by atoms with Gasteiger partial charge in [-0.2, -0.15) is 4.31 Å². The number of nitrogens with zero attached hydrogens (tertiary/aromatic N) is 1. The molecular weight excluding hydrogens is 279 g/mol. The molecule has 1 heterocycles. The predicted molar refractivity (Wildman–Crippen MR) is 76.3 cm³/mol. The second-order valence-corrected chi connectivity index (χ2v) is 8.06. The second-order valence-electron chi connectivity index (χ2n) is 6.16. The smallest absolute Gasteiger partial charge is 0.246 e. The molecule has 6 heteroatoms. The van der Waals surface area contributed by atoms with Crippen molar-refractivity contribution in [1.82, 2.24) is 4.31 Å². The van der Waals surface area contributed by atoms with E-state index in [1.54, 1.807) is 13.0 Å². The predicted octanol–water partition coefficient (Wildman–Crippen LogP) is 1.88. The minimum Gasteiger partial charge on any atom is -0.327 e. The molecule has 0 spiro atoms. The zero-order valence-corrected chi connectivity index (χ0v) is 12.9. The van der Waals surface area contributed by atoms with Crippen molar-refractivity contribution in [2.24, 2.45) is 11.1 Å². The molecule has 1 unspecified atom stereocenters. The van der Waals surface area contributed by atoms with E-state index < -0.39 is 15.8 Å². The zero-order chi connectivity index (χ0) is 15.1. The van der Waals surface area contributed by atoms with E-state index in [0.29, 0.717) is 19.5 Å². The molecule has 1 aliphatic rings. The Morgan fingerprint density at radius 2 is 2.05 bits per heavy atom. The summed E-state index contributed by atoms with van der Waals surface area (Å²) in [7, 11) is -3.81. The van der Waals surface area contributed by atoms with E-state index >= 15 is 0 Å². The lowest BCUT2D eigenvalue weighted by Crippen LogP contribution is -2.53. The summed E-state index contributed by atoms with van der Waals surface area (Å²) in [6, 6.07) is 4.09. The topological polar surface area (TPSA) is 63.4 Å². The molecule has 0 bridgehead atoms. The Bertz CT molecular complexity index is 614. The molecule has 2 rings (SSSR count). The second kappa shape index (κ2) is 5.09. The van der Waals surface area contributed by atoms with Gasteiger partial charge in [0.25, 0.3) is 0 Å². The number of rotatable bonds is 2. The van der Waals surface area contributed by atoms with E-state index in [-0.39, 0.29) is 16.4 Å². The van der Waals surface area contributed by atoms with E-state index in [0.717, 1.165) is 5.56 Å². The summed E-state index contributed by atoms with van der Waals surface area (Å²) in [6.07, 6.45) is 0.583. The van der Waals surface area contributed by atoms with Crippen molar-refractivity contribution in [3.05, 3.63) is 29.6 Å². The van der Waals surface area contributed by atoms with Gasteiger partial charge < -0.3 is 5.73 Å².